The first-order chi connectivity index (χ1) is 13.5. The molecular formula is C19H16Cl2N6O. The lowest BCUT2D eigenvalue weighted by atomic mass is 10.1. The molecule has 28 heavy (non-hydrogen) atoms. The first-order valence-corrected chi connectivity index (χ1v) is 9.45. The summed E-state index contributed by atoms with van der Waals surface area (Å²) in [5.74, 6) is 6.71. The standard InChI is InChI=1S/C19H16Cl2N6O/c20-12-5-2-4-11(15(12)21)16-18(23)25-14(8-7-10-3-1-6-13(10)22)17(26-16)19-27-24-9-28-19/h2,4-5,9-10,13H,1,3,6,22H2,(H2,23,25)/t10?,13-/m1/s1. The van der Waals surface area contributed by atoms with E-state index in [0.29, 0.717) is 32.7 Å². The molecule has 142 valence electrons. The van der Waals surface area contributed by atoms with Crippen molar-refractivity contribution in [1.82, 2.24) is 20.2 Å². The highest BCUT2D eigenvalue weighted by Crippen LogP contribution is 2.36. The molecule has 1 aliphatic rings. The van der Waals surface area contributed by atoms with Gasteiger partial charge in [0, 0.05) is 17.5 Å². The normalized spacial score (nSPS) is 18.7. The number of hydrogen-bond donors (Lipinski definition) is 2. The van der Waals surface area contributed by atoms with Crippen LogP contribution in [0.3, 0.4) is 0 Å². The molecule has 0 radical (unpaired) electrons. The van der Waals surface area contributed by atoms with E-state index < -0.39 is 0 Å². The fourth-order valence-electron chi connectivity index (χ4n) is 3.17. The van der Waals surface area contributed by atoms with Crippen LogP contribution in [0.5, 0.6) is 0 Å². The van der Waals surface area contributed by atoms with Gasteiger partial charge in [0.05, 0.1) is 10.0 Å². The summed E-state index contributed by atoms with van der Waals surface area (Å²) >= 11 is 12.5. The fraction of sp³-hybridized carbons (Fsp3) is 0.263. The third-order valence-electron chi connectivity index (χ3n) is 4.64. The Balaban J connectivity index is 1.85. The minimum atomic E-state index is 0.0641. The quantitative estimate of drug-likeness (QED) is 0.615. The Morgan fingerprint density at radius 3 is 2.71 bits per heavy atom. The number of anilines is 1. The van der Waals surface area contributed by atoms with Crippen LogP contribution in [0.1, 0.15) is 25.0 Å². The number of halogens is 2. The predicted octanol–water partition coefficient (Wildman–Crippen LogP) is 3.56. The summed E-state index contributed by atoms with van der Waals surface area (Å²) in [5, 5.41) is 8.37. The Morgan fingerprint density at radius 1 is 1.14 bits per heavy atom. The molecular weight excluding hydrogens is 399 g/mol. The number of nitrogens with two attached hydrogens (primary N) is 2. The first-order valence-electron chi connectivity index (χ1n) is 8.70. The van der Waals surface area contributed by atoms with E-state index in [0.717, 1.165) is 19.3 Å². The molecule has 9 heteroatoms. The number of aromatic nitrogens is 4. The summed E-state index contributed by atoms with van der Waals surface area (Å²) in [7, 11) is 0. The van der Waals surface area contributed by atoms with Gasteiger partial charge in [0.15, 0.2) is 11.5 Å². The highest BCUT2D eigenvalue weighted by atomic mass is 35.5. The van der Waals surface area contributed by atoms with Crippen molar-refractivity contribution in [3.63, 3.8) is 0 Å². The summed E-state index contributed by atoms with van der Waals surface area (Å²) < 4.78 is 5.32. The topological polar surface area (TPSA) is 117 Å². The highest BCUT2D eigenvalue weighted by molar-refractivity contribution is 6.43. The summed E-state index contributed by atoms with van der Waals surface area (Å²) in [6.45, 7) is 0. The molecule has 0 saturated heterocycles. The van der Waals surface area contributed by atoms with Gasteiger partial charge in [0.1, 0.15) is 11.4 Å². The van der Waals surface area contributed by atoms with Crippen LogP contribution in [0.15, 0.2) is 29.0 Å². The Bertz CT molecular complexity index is 1070. The van der Waals surface area contributed by atoms with Crippen molar-refractivity contribution in [1.29, 1.82) is 0 Å². The van der Waals surface area contributed by atoms with Crippen molar-refractivity contribution in [2.75, 3.05) is 5.73 Å². The maximum absolute atomic E-state index is 6.33. The fourth-order valence-corrected chi connectivity index (χ4v) is 3.56. The van der Waals surface area contributed by atoms with Crippen molar-refractivity contribution in [2.24, 2.45) is 11.7 Å². The number of nitrogen functional groups attached to an aromatic ring is 1. The van der Waals surface area contributed by atoms with Crippen LogP contribution in [0.2, 0.25) is 10.0 Å². The van der Waals surface area contributed by atoms with Crippen molar-refractivity contribution in [3.8, 4) is 34.7 Å². The molecule has 4 N–H and O–H groups in total. The molecule has 1 aliphatic carbocycles. The molecule has 1 fully saturated rings. The second kappa shape index (κ2) is 7.76. The molecule has 3 aromatic rings. The van der Waals surface area contributed by atoms with E-state index in [9.17, 15) is 0 Å². The zero-order chi connectivity index (χ0) is 19.7. The zero-order valence-corrected chi connectivity index (χ0v) is 16.2. The van der Waals surface area contributed by atoms with Gasteiger partial charge in [-0.1, -0.05) is 47.7 Å². The lowest BCUT2D eigenvalue weighted by Gasteiger charge is -2.10. The minimum Gasteiger partial charge on any atom is -0.422 e. The second-order valence-corrected chi connectivity index (χ2v) is 7.26. The maximum Gasteiger partial charge on any atom is 0.269 e. The average Bonchev–Trinajstić information content (AvgIpc) is 3.34. The lowest BCUT2D eigenvalue weighted by Crippen LogP contribution is -2.23. The van der Waals surface area contributed by atoms with Gasteiger partial charge in [-0.25, -0.2) is 9.97 Å². The number of hydrogen-bond acceptors (Lipinski definition) is 7. The molecule has 1 aromatic carbocycles. The van der Waals surface area contributed by atoms with Gasteiger partial charge in [0.2, 0.25) is 6.39 Å². The Kier molecular flexibility index (Phi) is 5.18. The van der Waals surface area contributed by atoms with E-state index in [4.69, 9.17) is 39.1 Å². The average molecular weight is 415 g/mol. The van der Waals surface area contributed by atoms with Crippen LogP contribution >= 0.6 is 23.2 Å². The van der Waals surface area contributed by atoms with E-state index in [-0.39, 0.29) is 23.7 Å². The van der Waals surface area contributed by atoms with Gasteiger partial charge in [-0.15, -0.1) is 10.2 Å². The Hall–Kier alpha value is -2.66. The molecule has 0 aliphatic heterocycles. The Labute approximate surface area is 171 Å². The molecule has 2 atom stereocenters. The molecule has 2 aromatic heterocycles. The SMILES string of the molecule is Nc1nc(C#CC2CCC[C@H]2N)c(-c2nnco2)nc1-c1cccc(Cl)c1Cl. The predicted molar refractivity (Wildman–Crippen MR) is 107 cm³/mol. The lowest BCUT2D eigenvalue weighted by molar-refractivity contribution is 0.566. The molecule has 0 spiro atoms. The number of rotatable bonds is 2. The summed E-state index contributed by atoms with van der Waals surface area (Å²) in [6, 6.07) is 5.26. The van der Waals surface area contributed by atoms with Gasteiger partial charge >= 0.3 is 0 Å². The van der Waals surface area contributed by atoms with E-state index in [1.54, 1.807) is 18.2 Å². The van der Waals surface area contributed by atoms with Crippen LogP contribution in [0.25, 0.3) is 22.8 Å². The van der Waals surface area contributed by atoms with Gasteiger partial charge in [0.25, 0.3) is 5.89 Å². The van der Waals surface area contributed by atoms with Crippen molar-refractivity contribution >= 4 is 29.0 Å². The van der Waals surface area contributed by atoms with E-state index in [1.807, 2.05) is 0 Å². The largest absolute Gasteiger partial charge is 0.422 e. The van der Waals surface area contributed by atoms with Crippen molar-refractivity contribution < 1.29 is 4.42 Å². The molecule has 1 unspecified atom stereocenters. The van der Waals surface area contributed by atoms with Crippen LogP contribution in [0, 0.1) is 17.8 Å². The molecule has 0 bridgehead atoms. The van der Waals surface area contributed by atoms with Crippen LogP contribution < -0.4 is 11.5 Å². The first kappa shape index (κ1) is 18.7. The summed E-state index contributed by atoms with van der Waals surface area (Å²) in [5.41, 5.74) is 13.9. The van der Waals surface area contributed by atoms with Gasteiger partial charge in [-0.05, 0) is 24.8 Å². The number of nitrogens with zero attached hydrogens (tertiary/aromatic N) is 4. The number of benzene rings is 1. The minimum absolute atomic E-state index is 0.0641. The highest BCUT2D eigenvalue weighted by Gasteiger charge is 2.23. The van der Waals surface area contributed by atoms with E-state index in [2.05, 4.69) is 32.0 Å². The van der Waals surface area contributed by atoms with Crippen molar-refractivity contribution in [3.05, 3.63) is 40.3 Å². The second-order valence-electron chi connectivity index (χ2n) is 6.47. The zero-order valence-electron chi connectivity index (χ0n) is 14.7. The van der Waals surface area contributed by atoms with Gasteiger partial charge in [-0.2, -0.15) is 0 Å². The van der Waals surface area contributed by atoms with Crippen LogP contribution in [0.4, 0.5) is 5.82 Å². The third kappa shape index (κ3) is 3.54. The summed E-state index contributed by atoms with van der Waals surface area (Å²) in [6.07, 6.45) is 4.21. The molecule has 4 rings (SSSR count). The van der Waals surface area contributed by atoms with Gasteiger partial charge < -0.3 is 15.9 Å². The smallest absolute Gasteiger partial charge is 0.269 e. The summed E-state index contributed by atoms with van der Waals surface area (Å²) in [4.78, 5) is 9.02. The third-order valence-corrected chi connectivity index (χ3v) is 5.46. The molecule has 2 heterocycles. The monoisotopic (exact) mass is 414 g/mol. The Morgan fingerprint density at radius 2 is 2.00 bits per heavy atom. The maximum atomic E-state index is 6.33. The van der Waals surface area contributed by atoms with Crippen LogP contribution in [-0.4, -0.2) is 26.2 Å². The van der Waals surface area contributed by atoms with Gasteiger partial charge in [-0.3, -0.25) is 0 Å². The molecule has 1 saturated carbocycles. The molecule has 7 nitrogen and oxygen atoms in total. The van der Waals surface area contributed by atoms with Crippen molar-refractivity contribution in [2.45, 2.75) is 25.3 Å². The van der Waals surface area contributed by atoms with E-state index in [1.165, 1.54) is 6.39 Å². The molecule has 0 amide bonds. The van der Waals surface area contributed by atoms with Crippen LogP contribution in [-0.2, 0) is 0 Å². The van der Waals surface area contributed by atoms with E-state index >= 15 is 0 Å².